The third kappa shape index (κ3) is 4.23. The summed E-state index contributed by atoms with van der Waals surface area (Å²) in [6.45, 7) is 6.00. The summed E-state index contributed by atoms with van der Waals surface area (Å²) in [5.41, 5.74) is 4.42. The van der Waals surface area contributed by atoms with Crippen molar-refractivity contribution in [1.82, 2.24) is 0 Å². The van der Waals surface area contributed by atoms with Crippen molar-refractivity contribution < 1.29 is 9.59 Å². The molecule has 2 N–H and O–H groups in total. The zero-order valence-electron chi connectivity index (χ0n) is 14.1. The molecule has 0 aliphatic rings. The highest BCUT2D eigenvalue weighted by molar-refractivity contribution is 9.10. The Morgan fingerprint density at radius 3 is 2.08 bits per heavy atom. The fourth-order valence-electron chi connectivity index (χ4n) is 2.47. The third-order valence-corrected chi connectivity index (χ3v) is 4.47. The number of nitrogens with one attached hydrogen (secondary N) is 2. The van der Waals surface area contributed by atoms with Gasteiger partial charge in [-0.3, -0.25) is 9.59 Å². The number of rotatable bonds is 4. The van der Waals surface area contributed by atoms with E-state index in [4.69, 9.17) is 0 Å². The summed E-state index contributed by atoms with van der Waals surface area (Å²) in [6.07, 6.45) is 1.57. The standard InChI is InChI=1S/C19H21BrN2O2/c1-4-13-7-6-8-14(5-2)17(13)22-19(24)18(23)21-16-10-9-12(3)11-15(16)20/h6-11H,4-5H2,1-3H3,(H,21,23)(H,22,24). The minimum Gasteiger partial charge on any atom is -0.317 e. The molecule has 0 saturated heterocycles. The predicted octanol–water partition coefficient (Wildman–Crippen LogP) is 4.46. The maximum Gasteiger partial charge on any atom is 0.314 e. The molecule has 4 nitrogen and oxygen atoms in total. The second-order valence-corrected chi connectivity index (χ2v) is 6.40. The quantitative estimate of drug-likeness (QED) is 0.759. The lowest BCUT2D eigenvalue weighted by atomic mass is 10.0. The van der Waals surface area contributed by atoms with E-state index in [1.807, 2.05) is 51.1 Å². The molecule has 0 spiro atoms. The second-order valence-electron chi connectivity index (χ2n) is 5.55. The number of hydrogen-bond donors (Lipinski definition) is 2. The van der Waals surface area contributed by atoms with Crippen molar-refractivity contribution in [2.45, 2.75) is 33.6 Å². The molecule has 0 fully saturated rings. The van der Waals surface area contributed by atoms with Crippen LogP contribution in [0.1, 0.15) is 30.5 Å². The van der Waals surface area contributed by atoms with Crippen LogP contribution in [0, 0.1) is 6.92 Å². The lowest BCUT2D eigenvalue weighted by Gasteiger charge is -2.14. The fourth-order valence-corrected chi connectivity index (χ4v) is 3.07. The zero-order chi connectivity index (χ0) is 17.7. The van der Waals surface area contributed by atoms with Gasteiger partial charge in [0.1, 0.15) is 0 Å². The van der Waals surface area contributed by atoms with Crippen molar-refractivity contribution in [3.63, 3.8) is 0 Å². The van der Waals surface area contributed by atoms with E-state index in [2.05, 4.69) is 26.6 Å². The Hall–Kier alpha value is -2.14. The molecule has 0 aliphatic heterocycles. The predicted molar refractivity (Wildman–Crippen MR) is 101 cm³/mol. The third-order valence-electron chi connectivity index (χ3n) is 3.82. The van der Waals surface area contributed by atoms with Crippen LogP contribution in [0.3, 0.4) is 0 Å². The summed E-state index contributed by atoms with van der Waals surface area (Å²) in [5, 5.41) is 5.40. The summed E-state index contributed by atoms with van der Waals surface area (Å²) in [6, 6.07) is 11.4. The molecule has 0 unspecified atom stereocenters. The van der Waals surface area contributed by atoms with Gasteiger partial charge in [-0.25, -0.2) is 0 Å². The number of carbonyl (C=O) groups excluding carboxylic acids is 2. The summed E-state index contributed by atoms with van der Waals surface area (Å²) < 4.78 is 0.742. The number of hydrogen-bond acceptors (Lipinski definition) is 2. The van der Waals surface area contributed by atoms with Crippen molar-refractivity contribution in [1.29, 1.82) is 0 Å². The van der Waals surface area contributed by atoms with Gasteiger partial charge in [-0.05, 0) is 64.5 Å². The Balaban J connectivity index is 2.16. The van der Waals surface area contributed by atoms with Gasteiger partial charge in [-0.15, -0.1) is 0 Å². The zero-order valence-corrected chi connectivity index (χ0v) is 15.7. The molecule has 5 heteroatoms. The number of anilines is 2. The van der Waals surface area contributed by atoms with Crippen LogP contribution in [0.2, 0.25) is 0 Å². The van der Waals surface area contributed by atoms with Crippen molar-refractivity contribution in [3.05, 3.63) is 57.6 Å². The molecule has 0 bridgehead atoms. The van der Waals surface area contributed by atoms with E-state index in [0.29, 0.717) is 5.69 Å². The highest BCUT2D eigenvalue weighted by Gasteiger charge is 2.18. The molecule has 0 atom stereocenters. The molecule has 24 heavy (non-hydrogen) atoms. The van der Waals surface area contributed by atoms with Crippen LogP contribution in [-0.2, 0) is 22.4 Å². The maximum absolute atomic E-state index is 12.3. The van der Waals surface area contributed by atoms with Gasteiger partial charge in [0, 0.05) is 10.2 Å². The molecule has 0 aromatic heterocycles. The Bertz CT molecular complexity index is 750. The van der Waals surface area contributed by atoms with Gasteiger partial charge >= 0.3 is 11.8 Å². The summed E-state index contributed by atoms with van der Waals surface area (Å²) in [4.78, 5) is 24.5. The van der Waals surface area contributed by atoms with E-state index in [1.54, 1.807) is 6.07 Å². The lowest BCUT2D eigenvalue weighted by molar-refractivity contribution is -0.133. The van der Waals surface area contributed by atoms with Crippen molar-refractivity contribution in [2.75, 3.05) is 10.6 Å². The number of benzene rings is 2. The summed E-state index contributed by atoms with van der Waals surface area (Å²) >= 11 is 3.39. The fraction of sp³-hybridized carbons (Fsp3) is 0.263. The SMILES string of the molecule is CCc1cccc(CC)c1NC(=O)C(=O)Nc1ccc(C)cc1Br. The minimum atomic E-state index is -0.687. The average molecular weight is 389 g/mol. The molecular formula is C19H21BrN2O2. The van der Waals surface area contributed by atoms with Crippen LogP contribution in [0.25, 0.3) is 0 Å². The highest BCUT2D eigenvalue weighted by Crippen LogP contribution is 2.24. The largest absolute Gasteiger partial charge is 0.317 e. The van der Waals surface area contributed by atoms with E-state index in [1.165, 1.54) is 0 Å². The van der Waals surface area contributed by atoms with Crippen molar-refractivity contribution in [2.24, 2.45) is 0 Å². The molecule has 0 aliphatic carbocycles. The normalized spacial score (nSPS) is 10.3. The molecule has 126 valence electrons. The topological polar surface area (TPSA) is 58.2 Å². The highest BCUT2D eigenvalue weighted by atomic mass is 79.9. The Kier molecular flexibility index (Phi) is 6.15. The monoisotopic (exact) mass is 388 g/mol. The number of para-hydroxylation sites is 1. The Labute approximate surface area is 150 Å². The van der Waals surface area contributed by atoms with Gasteiger partial charge in [-0.2, -0.15) is 0 Å². The van der Waals surface area contributed by atoms with Crippen LogP contribution < -0.4 is 10.6 Å². The minimum absolute atomic E-state index is 0.570. The van der Waals surface area contributed by atoms with E-state index in [0.717, 1.165) is 39.7 Å². The Morgan fingerprint density at radius 2 is 1.54 bits per heavy atom. The second kappa shape index (κ2) is 8.11. The molecule has 2 amide bonds. The average Bonchev–Trinajstić information content (AvgIpc) is 2.57. The Morgan fingerprint density at radius 1 is 0.958 bits per heavy atom. The van der Waals surface area contributed by atoms with Gasteiger partial charge in [0.2, 0.25) is 0 Å². The molecular weight excluding hydrogens is 368 g/mol. The van der Waals surface area contributed by atoms with Crippen LogP contribution in [0.15, 0.2) is 40.9 Å². The van der Waals surface area contributed by atoms with Gasteiger partial charge in [0.25, 0.3) is 0 Å². The lowest BCUT2D eigenvalue weighted by Crippen LogP contribution is -2.30. The maximum atomic E-state index is 12.3. The molecule has 2 rings (SSSR count). The summed E-state index contributed by atoms with van der Waals surface area (Å²) in [5.74, 6) is -1.36. The molecule has 2 aromatic carbocycles. The van der Waals surface area contributed by atoms with Crippen molar-refractivity contribution in [3.8, 4) is 0 Å². The van der Waals surface area contributed by atoms with E-state index >= 15 is 0 Å². The van der Waals surface area contributed by atoms with E-state index in [-0.39, 0.29) is 0 Å². The molecule has 2 aromatic rings. The first-order valence-electron chi connectivity index (χ1n) is 7.95. The first-order valence-corrected chi connectivity index (χ1v) is 8.74. The number of amides is 2. The number of aryl methyl sites for hydroxylation is 3. The first-order chi connectivity index (χ1) is 11.5. The van der Waals surface area contributed by atoms with Crippen molar-refractivity contribution >= 4 is 39.1 Å². The molecule has 0 radical (unpaired) electrons. The first kappa shape index (κ1) is 18.2. The van der Waals surface area contributed by atoms with E-state index < -0.39 is 11.8 Å². The summed E-state index contributed by atoms with van der Waals surface area (Å²) in [7, 11) is 0. The number of carbonyl (C=O) groups is 2. The van der Waals surface area contributed by atoms with Gasteiger partial charge in [0.15, 0.2) is 0 Å². The molecule has 0 heterocycles. The van der Waals surface area contributed by atoms with Crippen LogP contribution in [0.5, 0.6) is 0 Å². The smallest absolute Gasteiger partial charge is 0.314 e. The van der Waals surface area contributed by atoms with Gasteiger partial charge < -0.3 is 10.6 Å². The van der Waals surface area contributed by atoms with E-state index in [9.17, 15) is 9.59 Å². The van der Waals surface area contributed by atoms with Gasteiger partial charge in [-0.1, -0.05) is 38.1 Å². The van der Waals surface area contributed by atoms with Gasteiger partial charge in [0.05, 0.1) is 5.69 Å². The van der Waals surface area contributed by atoms with Crippen LogP contribution >= 0.6 is 15.9 Å². The van der Waals surface area contributed by atoms with Crippen LogP contribution in [0.4, 0.5) is 11.4 Å². The van der Waals surface area contributed by atoms with Crippen LogP contribution in [-0.4, -0.2) is 11.8 Å². The molecule has 0 saturated carbocycles. The number of halogens is 1.